The van der Waals surface area contributed by atoms with Gasteiger partial charge in [0.1, 0.15) is 0 Å². The van der Waals surface area contributed by atoms with Crippen LogP contribution in [0.1, 0.15) is 15.6 Å². The maximum atomic E-state index is 11.4. The zero-order valence-electron chi connectivity index (χ0n) is 8.46. The van der Waals surface area contributed by atoms with Gasteiger partial charge in [0.15, 0.2) is 0 Å². The molecular weight excluding hydrogens is 196 g/mol. The number of rotatable bonds is 4. The summed E-state index contributed by atoms with van der Waals surface area (Å²) < 4.78 is 0. The first-order valence-corrected chi connectivity index (χ1v) is 5.25. The van der Waals surface area contributed by atoms with Gasteiger partial charge in [-0.25, -0.2) is 4.98 Å². The second-order valence-corrected chi connectivity index (χ2v) is 4.30. The molecule has 0 aliphatic rings. The Morgan fingerprint density at radius 1 is 1.64 bits per heavy atom. The summed E-state index contributed by atoms with van der Waals surface area (Å²) in [5, 5.41) is 3.75. The average molecular weight is 210 g/mol. The molecule has 3 nitrogen and oxygen atoms in total. The quantitative estimate of drug-likeness (QED) is 0.767. The average Bonchev–Trinajstić information content (AvgIpc) is 2.42. The van der Waals surface area contributed by atoms with Crippen LogP contribution in [-0.4, -0.2) is 17.4 Å². The molecule has 0 fully saturated rings. The molecule has 0 aromatic carbocycles. The third-order valence-corrected chi connectivity index (χ3v) is 2.84. The third-order valence-electron chi connectivity index (χ3n) is 1.76. The molecule has 0 unspecified atom stereocenters. The van der Waals surface area contributed by atoms with Gasteiger partial charge < -0.3 is 5.32 Å². The van der Waals surface area contributed by atoms with Crippen molar-refractivity contribution in [1.82, 2.24) is 10.3 Å². The summed E-state index contributed by atoms with van der Waals surface area (Å²) in [6.45, 7) is 7.94. The number of hydrogen-bond acceptors (Lipinski definition) is 3. The molecule has 1 rings (SSSR count). The van der Waals surface area contributed by atoms with E-state index in [0.717, 1.165) is 15.6 Å². The normalized spacial score (nSPS) is 9.86. The van der Waals surface area contributed by atoms with E-state index >= 15 is 0 Å². The van der Waals surface area contributed by atoms with Crippen molar-refractivity contribution in [2.45, 2.75) is 20.3 Å². The lowest BCUT2D eigenvalue weighted by atomic mass is 10.3. The topological polar surface area (TPSA) is 42.0 Å². The molecule has 0 radical (unpaired) electrons. The SMILES string of the molecule is C=CCNC(=O)Cc1sc(C)nc1C. The molecule has 14 heavy (non-hydrogen) atoms. The Morgan fingerprint density at radius 2 is 2.36 bits per heavy atom. The van der Waals surface area contributed by atoms with Crippen LogP contribution in [-0.2, 0) is 11.2 Å². The van der Waals surface area contributed by atoms with Crippen LogP contribution in [0, 0.1) is 13.8 Å². The van der Waals surface area contributed by atoms with Gasteiger partial charge >= 0.3 is 0 Å². The van der Waals surface area contributed by atoms with Gasteiger partial charge in [0, 0.05) is 11.4 Å². The summed E-state index contributed by atoms with van der Waals surface area (Å²) in [6, 6.07) is 0. The van der Waals surface area contributed by atoms with Crippen LogP contribution in [0.2, 0.25) is 0 Å². The van der Waals surface area contributed by atoms with Gasteiger partial charge in [0.2, 0.25) is 5.91 Å². The highest BCUT2D eigenvalue weighted by Crippen LogP contribution is 2.17. The fraction of sp³-hybridized carbons (Fsp3) is 0.400. The lowest BCUT2D eigenvalue weighted by molar-refractivity contribution is -0.120. The van der Waals surface area contributed by atoms with Crippen molar-refractivity contribution < 1.29 is 4.79 Å². The minimum atomic E-state index is 0.0247. The second-order valence-electron chi connectivity index (χ2n) is 3.01. The standard InChI is InChI=1S/C10H14N2OS/c1-4-5-11-10(13)6-9-7(2)12-8(3)14-9/h4H,1,5-6H2,2-3H3,(H,11,13). The van der Waals surface area contributed by atoms with Crippen LogP contribution in [0.3, 0.4) is 0 Å². The number of carbonyl (C=O) groups excluding carboxylic acids is 1. The fourth-order valence-corrected chi connectivity index (χ4v) is 2.07. The number of amides is 1. The number of aryl methyl sites for hydroxylation is 2. The summed E-state index contributed by atoms with van der Waals surface area (Å²) in [7, 11) is 0. The van der Waals surface area contributed by atoms with Gasteiger partial charge in [-0.05, 0) is 13.8 Å². The van der Waals surface area contributed by atoms with Gasteiger partial charge in [-0.3, -0.25) is 4.79 Å². The molecule has 0 bridgehead atoms. The summed E-state index contributed by atoms with van der Waals surface area (Å²) >= 11 is 1.58. The van der Waals surface area contributed by atoms with Crippen LogP contribution >= 0.6 is 11.3 Å². The Labute approximate surface area is 87.9 Å². The highest BCUT2D eigenvalue weighted by molar-refractivity contribution is 7.11. The lowest BCUT2D eigenvalue weighted by Gasteiger charge is -2.00. The largest absolute Gasteiger partial charge is 0.352 e. The van der Waals surface area contributed by atoms with Crippen LogP contribution in [0.25, 0.3) is 0 Å². The van der Waals surface area contributed by atoms with E-state index in [2.05, 4.69) is 16.9 Å². The van der Waals surface area contributed by atoms with Gasteiger partial charge in [-0.2, -0.15) is 0 Å². The van der Waals surface area contributed by atoms with Gasteiger partial charge in [0.25, 0.3) is 0 Å². The Bertz CT molecular complexity index is 344. The molecule has 1 N–H and O–H groups in total. The molecule has 0 saturated carbocycles. The molecule has 0 saturated heterocycles. The highest BCUT2D eigenvalue weighted by Gasteiger charge is 2.08. The number of nitrogens with one attached hydrogen (secondary N) is 1. The Balaban J connectivity index is 2.55. The van der Waals surface area contributed by atoms with Crippen LogP contribution < -0.4 is 5.32 Å². The first-order chi connectivity index (χ1) is 6.63. The van der Waals surface area contributed by atoms with Crippen molar-refractivity contribution in [3.8, 4) is 0 Å². The molecule has 1 aromatic rings. The third kappa shape index (κ3) is 2.96. The van der Waals surface area contributed by atoms with Crippen molar-refractivity contribution >= 4 is 17.2 Å². The van der Waals surface area contributed by atoms with Crippen molar-refractivity contribution in [3.05, 3.63) is 28.2 Å². The molecule has 1 heterocycles. The lowest BCUT2D eigenvalue weighted by Crippen LogP contribution is -2.24. The first kappa shape index (κ1) is 10.9. The number of aromatic nitrogens is 1. The number of hydrogen-bond donors (Lipinski definition) is 1. The molecule has 0 atom stereocenters. The molecule has 0 spiro atoms. The maximum absolute atomic E-state index is 11.4. The molecule has 0 aliphatic heterocycles. The van der Waals surface area contributed by atoms with E-state index in [-0.39, 0.29) is 5.91 Å². The Hall–Kier alpha value is -1.16. The monoisotopic (exact) mass is 210 g/mol. The van der Waals surface area contributed by atoms with E-state index in [0.29, 0.717) is 13.0 Å². The molecule has 76 valence electrons. The number of nitrogens with zero attached hydrogens (tertiary/aromatic N) is 1. The van der Waals surface area contributed by atoms with E-state index in [9.17, 15) is 4.79 Å². The van der Waals surface area contributed by atoms with Crippen molar-refractivity contribution in [2.24, 2.45) is 0 Å². The summed E-state index contributed by atoms with van der Waals surface area (Å²) in [5.41, 5.74) is 0.959. The molecule has 1 amide bonds. The van der Waals surface area contributed by atoms with E-state index < -0.39 is 0 Å². The Kier molecular flexibility index (Phi) is 3.83. The van der Waals surface area contributed by atoms with Gasteiger partial charge in [0.05, 0.1) is 17.1 Å². The van der Waals surface area contributed by atoms with Gasteiger partial charge in [-0.15, -0.1) is 17.9 Å². The summed E-state index contributed by atoms with van der Waals surface area (Å²) in [4.78, 5) is 16.7. The van der Waals surface area contributed by atoms with Crippen LogP contribution in [0.5, 0.6) is 0 Å². The van der Waals surface area contributed by atoms with Crippen LogP contribution in [0.15, 0.2) is 12.7 Å². The van der Waals surface area contributed by atoms with E-state index in [4.69, 9.17) is 0 Å². The predicted octanol–water partition coefficient (Wildman–Crippen LogP) is 1.60. The van der Waals surface area contributed by atoms with Gasteiger partial charge in [-0.1, -0.05) is 6.08 Å². The van der Waals surface area contributed by atoms with E-state index in [1.165, 1.54) is 0 Å². The van der Waals surface area contributed by atoms with Crippen molar-refractivity contribution in [2.75, 3.05) is 6.54 Å². The minimum absolute atomic E-state index is 0.0247. The Morgan fingerprint density at radius 3 is 2.86 bits per heavy atom. The number of carbonyl (C=O) groups is 1. The van der Waals surface area contributed by atoms with Crippen LogP contribution in [0.4, 0.5) is 0 Å². The highest BCUT2D eigenvalue weighted by atomic mass is 32.1. The zero-order chi connectivity index (χ0) is 10.6. The molecular formula is C10H14N2OS. The first-order valence-electron chi connectivity index (χ1n) is 4.44. The minimum Gasteiger partial charge on any atom is -0.352 e. The number of thiazole rings is 1. The van der Waals surface area contributed by atoms with E-state index in [1.807, 2.05) is 13.8 Å². The molecule has 4 heteroatoms. The second kappa shape index (κ2) is 4.91. The summed E-state index contributed by atoms with van der Waals surface area (Å²) in [6.07, 6.45) is 2.09. The van der Waals surface area contributed by atoms with Crippen molar-refractivity contribution in [3.63, 3.8) is 0 Å². The maximum Gasteiger partial charge on any atom is 0.225 e. The van der Waals surface area contributed by atoms with Crippen molar-refractivity contribution in [1.29, 1.82) is 0 Å². The van der Waals surface area contributed by atoms with E-state index in [1.54, 1.807) is 17.4 Å². The predicted molar refractivity (Wildman–Crippen MR) is 58.5 cm³/mol. The molecule has 1 aromatic heterocycles. The molecule has 0 aliphatic carbocycles. The fourth-order valence-electron chi connectivity index (χ4n) is 1.13. The smallest absolute Gasteiger partial charge is 0.225 e. The summed E-state index contributed by atoms with van der Waals surface area (Å²) in [5.74, 6) is 0.0247. The zero-order valence-corrected chi connectivity index (χ0v) is 9.28.